The molecule has 0 saturated carbocycles. The van der Waals surface area contributed by atoms with E-state index in [1.54, 1.807) is 23.2 Å². The molecule has 4 heterocycles. The lowest BCUT2D eigenvalue weighted by molar-refractivity contribution is -0.140. The number of amides is 3. The molecule has 0 unspecified atom stereocenters. The second-order valence-corrected chi connectivity index (χ2v) is 9.22. The standard InChI is InChI=1S/C25H29N5O3/c31-21-10-11-25(27-23-20(24(33)28-25)9-4-13-26-23)12-15-30(21)17-22(32)29-14-5-8-19(16-29)18-6-2-1-3-7-18/h1-4,6-7,9,13,19H,5,8,10-12,14-17H2,(H,26,27)(H,28,33)/t19-,25+/m0/s1. The Kier molecular flexibility index (Phi) is 5.74. The minimum absolute atomic E-state index is 0.00687. The summed E-state index contributed by atoms with van der Waals surface area (Å²) in [6.45, 7) is 1.90. The molecule has 2 fully saturated rings. The molecule has 2 saturated heterocycles. The van der Waals surface area contributed by atoms with Gasteiger partial charge < -0.3 is 20.4 Å². The Labute approximate surface area is 193 Å². The average Bonchev–Trinajstić information content (AvgIpc) is 2.99. The van der Waals surface area contributed by atoms with Crippen LogP contribution in [0.15, 0.2) is 48.7 Å². The molecule has 172 valence electrons. The van der Waals surface area contributed by atoms with Gasteiger partial charge in [-0.2, -0.15) is 0 Å². The number of likely N-dealkylation sites (tertiary alicyclic amines) is 2. The first-order valence-electron chi connectivity index (χ1n) is 11.7. The van der Waals surface area contributed by atoms with Crippen molar-refractivity contribution >= 4 is 23.5 Å². The fourth-order valence-electron chi connectivity index (χ4n) is 5.17. The predicted molar refractivity (Wildman–Crippen MR) is 123 cm³/mol. The van der Waals surface area contributed by atoms with Crippen LogP contribution >= 0.6 is 0 Å². The van der Waals surface area contributed by atoms with Gasteiger partial charge in [0, 0.05) is 44.6 Å². The Morgan fingerprint density at radius 3 is 2.76 bits per heavy atom. The summed E-state index contributed by atoms with van der Waals surface area (Å²) in [6, 6.07) is 13.8. The number of carbonyl (C=O) groups is 3. The van der Waals surface area contributed by atoms with Gasteiger partial charge in [-0.05, 0) is 37.0 Å². The fraction of sp³-hybridized carbons (Fsp3) is 0.440. The molecule has 3 amide bonds. The number of rotatable bonds is 3. The van der Waals surface area contributed by atoms with Gasteiger partial charge in [0.05, 0.1) is 12.1 Å². The molecule has 0 bridgehead atoms. The van der Waals surface area contributed by atoms with E-state index in [9.17, 15) is 14.4 Å². The van der Waals surface area contributed by atoms with Gasteiger partial charge in [-0.15, -0.1) is 0 Å². The van der Waals surface area contributed by atoms with Gasteiger partial charge in [-0.3, -0.25) is 14.4 Å². The zero-order valence-electron chi connectivity index (χ0n) is 18.6. The summed E-state index contributed by atoms with van der Waals surface area (Å²) in [6.07, 6.45) is 4.91. The highest BCUT2D eigenvalue weighted by Gasteiger charge is 2.41. The summed E-state index contributed by atoms with van der Waals surface area (Å²) < 4.78 is 0. The Morgan fingerprint density at radius 2 is 1.91 bits per heavy atom. The number of nitrogens with zero attached hydrogens (tertiary/aromatic N) is 3. The van der Waals surface area contributed by atoms with Crippen molar-refractivity contribution in [2.75, 3.05) is 31.5 Å². The summed E-state index contributed by atoms with van der Waals surface area (Å²) in [5.74, 6) is 0.626. The zero-order valence-corrected chi connectivity index (χ0v) is 18.6. The second-order valence-electron chi connectivity index (χ2n) is 9.22. The number of hydrogen-bond acceptors (Lipinski definition) is 5. The minimum atomic E-state index is -0.727. The minimum Gasteiger partial charge on any atom is -0.347 e. The third kappa shape index (κ3) is 4.42. The van der Waals surface area contributed by atoms with Crippen LogP contribution in [0.5, 0.6) is 0 Å². The molecule has 5 rings (SSSR count). The normalized spacial score (nSPS) is 25.2. The number of hydrogen-bond donors (Lipinski definition) is 2. The first-order valence-corrected chi connectivity index (χ1v) is 11.7. The molecule has 2 N–H and O–H groups in total. The van der Waals surface area contributed by atoms with Crippen LogP contribution in [0.2, 0.25) is 0 Å². The van der Waals surface area contributed by atoms with Crippen molar-refractivity contribution in [1.82, 2.24) is 20.1 Å². The van der Waals surface area contributed by atoms with Gasteiger partial charge in [0.1, 0.15) is 11.5 Å². The van der Waals surface area contributed by atoms with Gasteiger partial charge in [-0.1, -0.05) is 30.3 Å². The van der Waals surface area contributed by atoms with Gasteiger partial charge in [-0.25, -0.2) is 4.98 Å². The fourth-order valence-corrected chi connectivity index (χ4v) is 5.17. The predicted octanol–water partition coefficient (Wildman–Crippen LogP) is 2.35. The van der Waals surface area contributed by atoms with E-state index in [-0.39, 0.29) is 30.7 Å². The van der Waals surface area contributed by atoms with Crippen LogP contribution < -0.4 is 10.6 Å². The van der Waals surface area contributed by atoms with Crippen molar-refractivity contribution in [2.24, 2.45) is 0 Å². The van der Waals surface area contributed by atoms with Crippen LogP contribution in [-0.2, 0) is 9.59 Å². The van der Waals surface area contributed by atoms with E-state index in [1.807, 2.05) is 23.1 Å². The van der Waals surface area contributed by atoms with Crippen LogP contribution in [0.25, 0.3) is 0 Å². The lowest BCUT2D eigenvalue weighted by Crippen LogP contribution is -2.58. The molecule has 3 aliphatic rings. The Balaban J connectivity index is 1.23. The van der Waals surface area contributed by atoms with Crippen molar-refractivity contribution < 1.29 is 14.4 Å². The average molecular weight is 448 g/mol. The van der Waals surface area contributed by atoms with E-state index < -0.39 is 5.66 Å². The van der Waals surface area contributed by atoms with Crippen LogP contribution in [0, 0.1) is 0 Å². The Hall–Kier alpha value is -3.42. The van der Waals surface area contributed by atoms with Crippen molar-refractivity contribution in [1.29, 1.82) is 0 Å². The maximum atomic E-state index is 13.1. The van der Waals surface area contributed by atoms with Crippen LogP contribution in [0.4, 0.5) is 5.82 Å². The highest BCUT2D eigenvalue weighted by Crippen LogP contribution is 2.31. The molecule has 33 heavy (non-hydrogen) atoms. The maximum Gasteiger partial charge on any atom is 0.256 e. The van der Waals surface area contributed by atoms with Crippen LogP contribution in [0.3, 0.4) is 0 Å². The lowest BCUT2D eigenvalue weighted by atomic mass is 9.90. The molecule has 2 aromatic rings. The lowest BCUT2D eigenvalue weighted by Gasteiger charge is -2.39. The molecule has 0 radical (unpaired) electrons. The number of piperidine rings is 1. The molecular weight excluding hydrogens is 418 g/mol. The zero-order chi connectivity index (χ0) is 22.8. The molecule has 2 atom stereocenters. The smallest absolute Gasteiger partial charge is 0.256 e. The summed E-state index contributed by atoms with van der Waals surface area (Å²) in [5.41, 5.74) is 1.04. The SMILES string of the molecule is O=C1N[C@@]2(CCC(=O)N(CC(=O)N3CCC[C@H](c4ccccc4)C3)CC2)Nc2ncccc21. The van der Waals surface area contributed by atoms with Crippen LogP contribution in [0.1, 0.15) is 53.9 Å². The molecule has 1 aromatic heterocycles. The molecule has 1 spiro atoms. The Morgan fingerprint density at radius 1 is 1.06 bits per heavy atom. The number of pyridine rings is 1. The molecule has 8 heteroatoms. The molecule has 3 aliphatic heterocycles. The van der Waals surface area contributed by atoms with Crippen molar-refractivity contribution in [3.8, 4) is 0 Å². The first-order chi connectivity index (χ1) is 16.0. The highest BCUT2D eigenvalue weighted by molar-refractivity contribution is 6.01. The number of nitrogens with one attached hydrogen (secondary N) is 2. The van der Waals surface area contributed by atoms with E-state index in [2.05, 4.69) is 27.8 Å². The van der Waals surface area contributed by atoms with Crippen molar-refractivity contribution in [2.45, 2.75) is 43.7 Å². The maximum absolute atomic E-state index is 13.1. The number of carbonyl (C=O) groups excluding carboxylic acids is 3. The van der Waals surface area contributed by atoms with Gasteiger partial charge >= 0.3 is 0 Å². The van der Waals surface area contributed by atoms with E-state index in [1.165, 1.54) is 5.56 Å². The van der Waals surface area contributed by atoms with Crippen LogP contribution in [-0.4, -0.2) is 64.3 Å². The highest BCUT2D eigenvalue weighted by atomic mass is 16.2. The van der Waals surface area contributed by atoms with E-state index in [0.717, 1.165) is 19.4 Å². The number of fused-ring (bicyclic) bond motifs is 1. The number of benzene rings is 1. The summed E-state index contributed by atoms with van der Waals surface area (Å²) >= 11 is 0. The Bertz CT molecular complexity index is 1060. The third-order valence-electron chi connectivity index (χ3n) is 7.06. The monoisotopic (exact) mass is 447 g/mol. The molecular formula is C25H29N5O3. The summed E-state index contributed by atoms with van der Waals surface area (Å²) in [7, 11) is 0. The molecule has 8 nitrogen and oxygen atoms in total. The summed E-state index contributed by atoms with van der Waals surface area (Å²) in [4.78, 5) is 46.4. The van der Waals surface area contributed by atoms with E-state index in [0.29, 0.717) is 43.2 Å². The molecule has 0 aliphatic carbocycles. The van der Waals surface area contributed by atoms with Crippen molar-refractivity contribution in [3.05, 3.63) is 59.8 Å². The van der Waals surface area contributed by atoms with E-state index in [4.69, 9.17) is 0 Å². The number of aromatic nitrogens is 1. The van der Waals surface area contributed by atoms with Crippen molar-refractivity contribution in [3.63, 3.8) is 0 Å². The summed E-state index contributed by atoms with van der Waals surface area (Å²) in [5, 5.41) is 6.39. The second kappa shape index (κ2) is 8.84. The van der Waals surface area contributed by atoms with E-state index >= 15 is 0 Å². The topological polar surface area (TPSA) is 94.6 Å². The molecule has 1 aromatic carbocycles. The first kappa shape index (κ1) is 21.4. The third-order valence-corrected chi connectivity index (χ3v) is 7.06. The quantitative estimate of drug-likeness (QED) is 0.753. The largest absolute Gasteiger partial charge is 0.347 e. The van der Waals surface area contributed by atoms with Gasteiger partial charge in [0.15, 0.2) is 0 Å². The van der Waals surface area contributed by atoms with Gasteiger partial charge in [0.25, 0.3) is 5.91 Å². The van der Waals surface area contributed by atoms with Gasteiger partial charge in [0.2, 0.25) is 11.8 Å². The number of anilines is 1.